The Morgan fingerprint density at radius 1 is 1.04 bits per heavy atom. The van der Waals surface area contributed by atoms with Gasteiger partial charge in [-0.05, 0) is 12.5 Å². The molecule has 0 radical (unpaired) electrons. The van der Waals surface area contributed by atoms with E-state index in [2.05, 4.69) is 5.32 Å². The Balaban J connectivity index is 2.42. The molecule has 0 fully saturated rings. The molecule has 8 heteroatoms. The van der Waals surface area contributed by atoms with Gasteiger partial charge in [0.05, 0.1) is 19.4 Å². The lowest BCUT2D eigenvalue weighted by molar-refractivity contribution is -0.147. The van der Waals surface area contributed by atoms with Gasteiger partial charge in [-0.15, -0.1) is 0 Å². The number of rotatable bonds is 10. The summed E-state index contributed by atoms with van der Waals surface area (Å²) in [5.74, 6) is -2.62. The third-order valence-electron chi connectivity index (χ3n) is 3.15. The summed E-state index contributed by atoms with van der Waals surface area (Å²) in [5, 5.41) is 2.32. The smallest absolute Gasteiger partial charge is 0.308 e. The predicted octanol–water partition coefficient (Wildman–Crippen LogP) is 0.433. The van der Waals surface area contributed by atoms with Crippen LogP contribution in [0.25, 0.3) is 0 Å². The van der Waals surface area contributed by atoms with Crippen LogP contribution in [0.3, 0.4) is 0 Å². The van der Waals surface area contributed by atoms with Crippen molar-refractivity contribution in [3.63, 3.8) is 0 Å². The summed E-state index contributed by atoms with van der Waals surface area (Å²) in [6.07, 6.45) is -0.668. The molecule has 0 saturated carbocycles. The predicted molar refractivity (Wildman–Crippen MR) is 87.8 cm³/mol. The van der Waals surface area contributed by atoms with Gasteiger partial charge in [-0.3, -0.25) is 19.2 Å². The Hall–Kier alpha value is -2.90. The average Bonchev–Trinajstić information content (AvgIpc) is 2.58. The fourth-order valence-corrected chi connectivity index (χ4v) is 1.90. The Labute approximate surface area is 145 Å². The third-order valence-corrected chi connectivity index (χ3v) is 3.15. The topological polar surface area (TPSA) is 125 Å². The zero-order chi connectivity index (χ0) is 18.7. The first-order chi connectivity index (χ1) is 11.9. The molecule has 0 aliphatic rings. The van der Waals surface area contributed by atoms with Crippen LogP contribution in [0, 0.1) is 0 Å². The van der Waals surface area contributed by atoms with Crippen molar-refractivity contribution in [3.05, 3.63) is 35.9 Å². The van der Waals surface area contributed by atoms with E-state index in [1.165, 1.54) is 0 Å². The maximum atomic E-state index is 11.8. The number of nitrogens with two attached hydrogens (primary N) is 1. The summed E-state index contributed by atoms with van der Waals surface area (Å²) in [6.45, 7) is 1.93. The zero-order valence-corrected chi connectivity index (χ0v) is 14.0. The minimum atomic E-state index is -1.20. The quantitative estimate of drug-likeness (QED) is 0.590. The second-order valence-corrected chi connectivity index (χ2v) is 5.18. The molecular formula is C17H22N2O6. The van der Waals surface area contributed by atoms with Crippen LogP contribution in [0.4, 0.5) is 0 Å². The Kier molecular flexibility index (Phi) is 8.70. The molecule has 0 spiro atoms. The van der Waals surface area contributed by atoms with Gasteiger partial charge < -0.3 is 20.5 Å². The Morgan fingerprint density at radius 2 is 1.72 bits per heavy atom. The van der Waals surface area contributed by atoms with Crippen molar-refractivity contribution in [1.82, 2.24) is 5.32 Å². The Bertz CT molecular complexity index is 602. The van der Waals surface area contributed by atoms with Crippen molar-refractivity contribution in [2.75, 3.05) is 6.61 Å². The SMILES string of the molecule is CCOC(=O)CCC(=O)N[C@H](CC(=O)OCc1ccccc1)C(N)=O. The standard InChI is InChI=1S/C17H22N2O6/c1-2-24-15(21)9-8-14(20)19-13(17(18)23)10-16(22)25-11-12-6-4-3-5-7-12/h3-7,13H,2,8-11H2,1H3,(H2,18,23)(H,19,20)/t13-/m1/s1. The van der Waals surface area contributed by atoms with Crippen molar-refractivity contribution in [3.8, 4) is 0 Å². The van der Waals surface area contributed by atoms with E-state index in [0.29, 0.717) is 0 Å². The minimum Gasteiger partial charge on any atom is -0.466 e. The molecule has 1 rings (SSSR count). The number of ether oxygens (including phenoxy) is 2. The normalized spacial score (nSPS) is 11.2. The maximum Gasteiger partial charge on any atom is 0.308 e. The number of hydrogen-bond acceptors (Lipinski definition) is 6. The minimum absolute atomic E-state index is 0.0575. The fourth-order valence-electron chi connectivity index (χ4n) is 1.90. The highest BCUT2D eigenvalue weighted by Crippen LogP contribution is 2.04. The number of nitrogens with one attached hydrogen (secondary N) is 1. The molecular weight excluding hydrogens is 328 g/mol. The van der Waals surface area contributed by atoms with E-state index in [1.807, 2.05) is 6.07 Å². The van der Waals surface area contributed by atoms with Crippen LogP contribution in [0.1, 0.15) is 31.7 Å². The molecule has 0 aliphatic heterocycles. The van der Waals surface area contributed by atoms with E-state index in [1.54, 1.807) is 31.2 Å². The number of hydrogen-bond donors (Lipinski definition) is 2. The molecule has 0 aromatic heterocycles. The van der Waals surface area contributed by atoms with E-state index < -0.39 is 29.8 Å². The van der Waals surface area contributed by atoms with Crippen LogP contribution in [0.5, 0.6) is 0 Å². The second kappa shape index (κ2) is 10.8. The summed E-state index contributed by atoms with van der Waals surface area (Å²) in [5.41, 5.74) is 5.99. The van der Waals surface area contributed by atoms with E-state index in [0.717, 1.165) is 5.56 Å². The van der Waals surface area contributed by atoms with Gasteiger partial charge >= 0.3 is 11.9 Å². The summed E-state index contributed by atoms with van der Waals surface area (Å²) < 4.78 is 9.75. The molecule has 0 unspecified atom stereocenters. The third kappa shape index (κ3) is 8.50. The summed E-state index contributed by atoms with van der Waals surface area (Å²) >= 11 is 0. The van der Waals surface area contributed by atoms with E-state index in [4.69, 9.17) is 15.2 Å². The molecule has 0 saturated heterocycles. The van der Waals surface area contributed by atoms with E-state index >= 15 is 0 Å². The van der Waals surface area contributed by atoms with E-state index in [-0.39, 0.29) is 32.5 Å². The molecule has 2 amide bonds. The lowest BCUT2D eigenvalue weighted by Crippen LogP contribution is -2.46. The molecule has 0 bridgehead atoms. The number of esters is 2. The van der Waals surface area contributed by atoms with Crippen molar-refractivity contribution >= 4 is 23.8 Å². The molecule has 1 aromatic rings. The summed E-state index contributed by atoms with van der Waals surface area (Å²) in [7, 11) is 0. The van der Waals surface area contributed by atoms with Crippen LogP contribution in [-0.4, -0.2) is 36.4 Å². The van der Waals surface area contributed by atoms with Crippen LogP contribution in [0.2, 0.25) is 0 Å². The largest absolute Gasteiger partial charge is 0.466 e. The number of carbonyl (C=O) groups excluding carboxylic acids is 4. The average molecular weight is 350 g/mol. The van der Waals surface area contributed by atoms with Crippen LogP contribution < -0.4 is 11.1 Å². The fraction of sp³-hybridized carbons (Fsp3) is 0.412. The van der Waals surface area contributed by atoms with Gasteiger partial charge in [-0.25, -0.2) is 0 Å². The summed E-state index contributed by atoms with van der Waals surface area (Å²) in [4.78, 5) is 46.1. The van der Waals surface area contributed by atoms with Gasteiger partial charge in [0.25, 0.3) is 0 Å². The van der Waals surface area contributed by atoms with Crippen molar-refractivity contribution < 1.29 is 28.7 Å². The highest BCUT2D eigenvalue weighted by atomic mass is 16.5. The number of primary amides is 1. The van der Waals surface area contributed by atoms with Crippen molar-refractivity contribution in [2.45, 2.75) is 38.8 Å². The van der Waals surface area contributed by atoms with Gasteiger partial charge in [0.2, 0.25) is 11.8 Å². The van der Waals surface area contributed by atoms with Gasteiger partial charge in [-0.1, -0.05) is 30.3 Å². The first-order valence-corrected chi connectivity index (χ1v) is 7.86. The Morgan fingerprint density at radius 3 is 2.32 bits per heavy atom. The van der Waals surface area contributed by atoms with Crippen molar-refractivity contribution in [1.29, 1.82) is 0 Å². The van der Waals surface area contributed by atoms with Gasteiger partial charge in [0.1, 0.15) is 12.6 Å². The molecule has 3 N–H and O–H groups in total. The van der Waals surface area contributed by atoms with Crippen LogP contribution in [-0.2, 0) is 35.3 Å². The summed E-state index contributed by atoms with van der Waals surface area (Å²) in [6, 6.07) is 7.82. The van der Waals surface area contributed by atoms with Gasteiger partial charge in [0.15, 0.2) is 0 Å². The number of carbonyl (C=O) groups is 4. The first-order valence-electron chi connectivity index (χ1n) is 7.86. The molecule has 1 aromatic carbocycles. The highest BCUT2D eigenvalue weighted by molar-refractivity contribution is 5.90. The molecule has 0 heterocycles. The monoisotopic (exact) mass is 350 g/mol. The molecule has 0 aliphatic carbocycles. The number of amides is 2. The highest BCUT2D eigenvalue weighted by Gasteiger charge is 2.22. The zero-order valence-electron chi connectivity index (χ0n) is 14.0. The molecule has 8 nitrogen and oxygen atoms in total. The first kappa shape index (κ1) is 20.1. The lowest BCUT2D eigenvalue weighted by atomic mass is 10.2. The molecule has 1 atom stereocenters. The number of benzene rings is 1. The molecule has 25 heavy (non-hydrogen) atoms. The maximum absolute atomic E-state index is 11.8. The van der Waals surface area contributed by atoms with Crippen LogP contribution >= 0.6 is 0 Å². The lowest BCUT2D eigenvalue weighted by Gasteiger charge is -2.15. The molecule has 136 valence electrons. The van der Waals surface area contributed by atoms with Gasteiger partial charge in [0, 0.05) is 6.42 Å². The van der Waals surface area contributed by atoms with E-state index in [9.17, 15) is 19.2 Å². The van der Waals surface area contributed by atoms with Crippen molar-refractivity contribution in [2.24, 2.45) is 5.73 Å². The van der Waals surface area contributed by atoms with Crippen LogP contribution in [0.15, 0.2) is 30.3 Å². The second-order valence-electron chi connectivity index (χ2n) is 5.18. The van der Waals surface area contributed by atoms with Gasteiger partial charge in [-0.2, -0.15) is 0 Å².